The zero-order valence-corrected chi connectivity index (χ0v) is 21.2. The van der Waals surface area contributed by atoms with E-state index in [1.54, 1.807) is 37.3 Å². The van der Waals surface area contributed by atoms with Crippen molar-refractivity contribution in [1.29, 1.82) is 0 Å². The average molecular weight is 479 g/mol. The van der Waals surface area contributed by atoms with Crippen LogP contribution in [-0.2, 0) is 11.3 Å². The molecule has 2 aromatic heterocycles. The molecule has 4 rings (SSSR count). The van der Waals surface area contributed by atoms with E-state index >= 15 is 0 Å². The van der Waals surface area contributed by atoms with Crippen LogP contribution in [0.15, 0.2) is 41.8 Å². The lowest BCUT2D eigenvalue weighted by molar-refractivity contribution is 0.123. The van der Waals surface area contributed by atoms with E-state index in [-0.39, 0.29) is 6.03 Å². The molecule has 0 bridgehead atoms. The number of hydrogen-bond acceptors (Lipinski definition) is 7. The summed E-state index contributed by atoms with van der Waals surface area (Å²) in [6, 6.07) is 10.2. The van der Waals surface area contributed by atoms with Gasteiger partial charge in [-0.15, -0.1) is 0 Å². The third-order valence-electron chi connectivity index (χ3n) is 6.06. The number of aryl methyl sites for hydroxylation is 1. The summed E-state index contributed by atoms with van der Waals surface area (Å²) in [5, 5.41) is 4.60. The number of nitrogens with zero attached hydrogens (tertiary/aromatic N) is 7. The highest BCUT2D eigenvalue weighted by Gasteiger charge is 2.20. The number of benzene rings is 1. The Morgan fingerprint density at radius 3 is 2.69 bits per heavy atom. The molecule has 1 N–H and O–H groups in total. The molecular weight excluding hydrogens is 444 g/mol. The second-order valence-electron chi connectivity index (χ2n) is 9.01. The Labute approximate surface area is 206 Å². The molecule has 0 saturated carbocycles. The number of rotatable bonds is 7. The van der Waals surface area contributed by atoms with E-state index in [2.05, 4.69) is 39.5 Å². The molecule has 0 atom stereocenters. The summed E-state index contributed by atoms with van der Waals surface area (Å²) in [4.78, 5) is 27.3. The van der Waals surface area contributed by atoms with Gasteiger partial charge in [-0.25, -0.2) is 14.8 Å². The first-order valence-corrected chi connectivity index (χ1v) is 11.8. The van der Waals surface area contributed by atoms with E-state index in [1.807, 2.05) is 29.7 Å². The monoisotopic (exact) mass is 478 g/mol. The number of anilines is 2. The Morgan fingerprint density at radius 2 is 1.97 bits per heavy atom. The third-order valence-corrected chi connectivity index (χ3v) is 6.06. The van der Waals surface area contributed by atoms with Gasteiger partial charge in [-0.1, -0.05) is 29.8 Å². The molecule has 1 fully saturated rings. The minimum absolute atomic E-state index is 0.0419. The quantitative estimate of drug-likeness (QED) is 0.415. The highest BCUT2D eigenvalue weighted by Crippen LogP contribution is 2.28. The fourth-order valence-electron chi connectivity index (χ4n) is 4.05. The number of morpholine rings is 1. The highest BCUT2D eigenvalue weighted by molar-refractivity contribution is 5.99. The van der Waals surface area contributed by atoms with Gasteiger partial charge in [0.25, 0.3) is 0 Å². The van der Waals surface area contributed by atoms with Crippen LogP contribution in [0.4, 0.5) is 16.3 Å². The van der Waals surface area contributed by atoms with Gasteiger partial charge in [0.1, 0.15) is 5.52 Å². The number of hydrogen-bond donors (Lipinski definition) is 1. The van der Waals surface area contributed by atoms with Crippen LogP contribution in [0, 0.1) is 6.92 Å². The molecule has 3 aromatic rings. The minimum Gasteiger partial charge on any atom is -0.378 e. The summed E-state index contributed by atoms with van der Waals surface area (Å²) in [6.07, 6.45) is 1.79. The molecule has 2 amide bonds. The predicted molar refractivity (Wildman–Crippen MR) is 139 cm³/mol. The SMILES string of the molecule is C/C(=N\Nc1cc(N2CCOCC2)c2ncn(CCN(C)C(=O)N(C)C)c2n1)c1cccc(C)c1. The van der Waals surface area contributed by atoms with E-state index in [9.17, 15) is 4.79 Å². The van der Waals surface area contributed by atoms with E-state index in [0.29, 0.717) is 32.1 Å². The molecule has 0 spiro atoms. The molecule has 3 heterocycles. The molecule has 1 saturated heterocycles. The molecule has 0 unspecified atom stereocenters. The molecule has 1 aromatic carbocycles. The molecular formula is C25H34N8O2. The maximum Gasteiger partial charge on any atom is 0.319 e. The van der Waals surface area contributed by atoms with Gasteiger partial charge >= 0.3 is 6.03 Å². The molecule has 1 aliphatic rings. The first-order valence-electron chi connectivity index (χ1n) is 11.8. The van der Waals surface area contributed by atoms with Crippen LogP contribution in [0.3, 0.4) is 0 Å². The summed E-state index contributed by atoms with van der Waals surface area (Å²) in [7, 11) is 5.29. The van der Waals surface area contributed by atoms with E-state index < -0.39 is 0 Å². The van der Waals surface area contributed by atoms with Crippen LogP contribution in [0.25, 0.3) is 11.2 Å². The number of fused-ring (bicyclic) bond motifs is 1. The summed E-state index contributed by atoms with van der Waals surface area (Å²) in [5.74, 6) is 0.644. The number of hydrazone groups is 1. The normalized spacial score (nSPS) is 14.3. The van der Waals surface area contributed by atoms with Crippen molar-refractivity contribution in [2.24, 2.45) is 5.10 Å². The van der Waals surface area contributed by atoms with E-state index in [4.69, 9.17) is 9.72 Å². The number of nitrogens with one attached hydrogen (secondary N) is 1. The van der Waals surface area contributed by atoms with Crippen LogP contribution >= 0.6 is 0 Å². The fourth-order valence-corrected chi connectivity index (χ4v) is 4.05. The first-order chi connectivity index (χ1) is 16.8. The zero-order valence-electron chi connectivity index (χ0n) is 21.2. The summed E-state index contributed by atoms with van der Waals surface area (Å²) < 4.78 is 7.54. The molecule has 186 valence electrons. The van der Waals surface area contributed by atoms with Crippen LogP contribution in [0.2, 0.25) is 0 Å². The number of carbonyl (C=O) groups excluding carboxylic acids is 1. The predicted octanol–water partition coefficient (Wildman–Crippen LogP) is 3.03. The van der Waals surface area contributed by atoms with Gasteiger partial charge in [0.05, 0.1) is 30.9 Å². The van der Waals surface area contributed by atoms with Crippen LogP contribution in [0.1, 0.15) is 18.1 Å². The number of likely N-dealkylation sites (N-methyl/N-ethyl adjacent to an activating group) is 1. The summed E-state index contributed by atoms with van der Waals surface area (Å²) in [5.41, 5.74) is 8.87. The summed E-state index contributed by atoms with van der Waals surface area (Å²) >= 11 is 0. The van der Waals surface area contributed by atoms with Gasteiger partial charge in [-0.3, -0.25) is 5.43 Å². The molecule has 35 heavy (non-hydrogen) atoms. The van der Waals surface area contributed by atoms with Crippen LogP contribution in [-0.4, -0.2) is 90.1 Å². The van der Waals surface area contributed by atoms with Crippen molar-refractivity contribution in [3.05, 3.63) is 47.8 Å². The third kappa shape index (κ3) is 5.71. The van der Waals surface area contributed by atoms with Gasteiger partial charge in [-0.05, 0) is 19.4 Å². The molecule has 10 nitrogen and oxygen atoms in total. The first kappa shape index (κ1) is 24.5. The Morgan fingerprint density at radius 1 is 1.20 bits per heavy atom. The number of aromatic nitrogens is 3. The van der Waals surface area contributed by atoms with Gasteiger partial charge in [0.2, 0.25) is 0 Å². The number of carbonyl (C=O) groups is 1. The highest BCUT2D eigenvalue weighted by atomic mass is 16.5. The summed E-state index contributed by atoms with van der Waals surface area (Å²) in [6.45, 7) is 8.10. The lowest BCUT2D eigenvalue weighted by atomic mass is 10.1. The van der Waals surface area contributed by atoms with E-state index in [0.717, 1.165) is 41.2 Å². The number of imidazole rings is 1. The van der Waals surface area contributed by atoms with Crippen molar-refractivity contribution in [2.45, 2.75) is 20.4 Å². The van der Waals surface area contributed by atoms with Crippen molar-refractivity contribution >= 4 is 34.4 Å². The van der Waals surface area contributed by atoms with Gasteiger partial charge in [0.15, 0.2) is 11.5 Å². The van der Waals surface area contributed by atoms with Crippen molar-refractivity contribution in [1.82, 2.24) is 24.3 Å². The van der Waals surface area contributed by atoms with Crippen LogP contribution < -0.4 is 10.3 Å². The minimum atomic E-state index is -0.0419. The Bertz CT molecular complexity index is 1210. The lowest BCUT2D eigenvalue weighted by Gasteiger charge is -2.29. The standard InChI is InChI=1S/C25H34N8O2/c1-18-7-6-8-20(15-18)19(2)28-29-22-16-21(32-11-13-35-14-12-32)23-24(27-22)33(17-26-23)10-9-31(5)25(34)30(3)4/h6-8,15-17H,9-14H2,1-5H3,(H,27,29)/b28-19+. The number of ether oxygens (including phenoxy) is 1. The van der Waals surface area contributed by atoms with Crippen molar-refractivity contribution < 1.29 is 9.53 Å². The number of urea groups is 1. The van der Waals surface area contributed by atoms with Gasteiger partial charge < -0.3 is 24.0 Å². The second kappa shape index (κ2) is 10.7. The Kier molecular flexibility index (Phi) is 7.50. The number of pyridine rings is 1. The van der Waals surface area contributed by atoms with Crippen molar-refractivity contribution in [3.8, 4) is 0 Å². The zero-order chi connectivity index (χ0) is 24.9. The second-order valence-corrected chi connectivity index (χ2v) is 9.01. The van der Waals surface area contributed by atoms with Gasteiger partial charge in [0, 0.05) is 53.4 Å². The van der Waals surface area contributed by atoms with Crippen molar-refractivity contribution in [2.75, 3.05) is 64.3 Å². The van der Waals surface area contributed by atoms with Crippen molar-refractivity contribution in [3.63, 3.8) is 0 Å². The maximum atomic E-state index is 12.2. The topological polar surface area (TPSA) is 91.1 Å². The molecule has 0 radical (unpaired) electrons. The van der Waals surface area contributed by atoms with Crippen LogP contribution in [0.5, 0.6) is 0 Å². The fraction of sp³-hybridized carbons (Fsp3) is 0.440. The van der Waals surface area contributed by atoms with Gasteiger partial charge in [-0.2, -0.15) is 5.10 Å². The average Bonchev–Trinajstić information content (AvgIpc) is 3.28. The lowest BCUT2D eigenvalue weighted by Crippen LogP contribution is -2.38. The Hall–Kier alpha value is -3.66. The Balaban J connectivity index is 1.64. The van der Waals surface area contributed by atoms with E-state index in [1.165, 1.54) is 5.56 Å². The smallest absolute Gasteiger partial charge is 0.319 e. The largest absolute Gasteiger partial charge is 0.378 e. The maximum absolute atomic E-state index is 12.2. The molecule has 0 aliphatic carbocycles. The molecule has 1 aliphatic heterocycles. The number of amides is 2. The molecule has 10 heteroatoms.